The van der Waals surface area contributed by atoms with Crippen LogP contribution in [0.1, 0.15) is 25.0 Å². The summed E-state index contributed by atoms with van der Waals surface area (Å²) < 4.78 is 0. The van der Waals surface area contributed by atoms with Gasteiger partial charge in [0.15, 0.2) is 4.98 Å². The standard InChI is InChI=1S/C19H19N4/c1-3-23(4-2)19-11-5-15(6-12-19)13-17(14-20)16-7-9-18(22-21)10-8-16/h5-13H,3-4H2,1-2H3/q+1/b17-13-. The van der Waals surface area contributed by atoms with Crippen LogP contribution in [0.15, 0.2) is 48.5 Å². The normalized spacial score (nSPS) is 10.7. The monoisotopic (exact) mass is 303 g/mol. The minimum atomic E-state index is 0.467. The maximum Gasteiger partial charge on any atom is 0.385 e. The highest BCUT2D eigenvalue weighted by atomic mass is 15.1. The maximum absolute atomic E-state index is 9.39. The van der Waals surface area contributed by atoms with Crippen molar-refractivity contribution in [1.82, 2.24) is 0 Å². The predicted octanol–water partition coefficient (Wildman–Crippen LogP) is 5.08. The van der Waals surface area contributed by atoms with Gasteiger partial charge in [-0.2, -0.15) is 5.26 Å². The molecule has 0 aliphatic rings. The quantitative estimate of drug-likeness (QED) is 0.439. The van der Waals surface area contributed by atoms with E-state index in [0.29, 0.717) is 11.3 Å². The number of diazo groups is 1. The Morgan fingerprint density at radius 1 is 1.04 bits per heavy atom. The molecule has 0 spiro atoms. The van der Waals surface area contributed by atoms with E-state index in [0.717, 1.165) is 24.2 Å². The molecule has 4 nitrogen and oxygen atoms in total. The van der Waals surface area contributed by atoms with E-state index in [1.165, 1.54) is 5.69 Å². The Balaban J connectivity index is 2.27. The lowest BCUT2D eigenvalue weighted by molar-refractivity contribution is 0.866. The zero-order chi connectivity index (χ0) is 16.7. The third-order valence-electron chi connectivity index (χ3n) is 3.75. The molecule has 0 atom stereocenters. The highest BCUT2D eigenvalue weighted by molar-refractivity contribution is 5.90. The molecule has 0 N–H and O–H groups in total. The molecular formula is C19H19N4+. The van der Waals surface area contributed by atoms with Crippen LogP contribution in [0.25, 0.3) is 16.6 Å². The van der Waals surface area contributed by atoms with Crippen molar-refractivity contribution in [3.63, 3.8) is 0 Å². The first-order valence-electron chi connectivity index (χ1n) is 7.64. The van der Waals surface area contributed by atoms with Crippen molar-refractivity contribution in [2.75, 3.05) is 18.0 Å². The van der Waals surface area contributed by atoms with Gasteiger partial charge in [-0.25, -0.2) is 0 Å². The molecule has 2 rings (SSSR count). The van der Waals surface area contributed by atoms with E-state index >= 15 is 0 Å². The fraction of sp³-hybridized carbons (Fsp3) is 0.211. The van der Waals surface area contributed by atoms with E-state index in [-0.39, 0.29) is 0 Å². The van der Waals surface area contributed by atoms with E-state index in [1.54, 1.807) is 24.3 Å². The molecule has 4 heteroatoms. The second-order valence-corrected chi connectivity index (χ2v) is 5.08. The van der Waals surface area contributed by atoms with E-state index < -0.39 is 0 Å². The van der Waals surface area contributed by atoms with Gasteiger partial charge in [-0.05, 0) is 55.3 Å². The molecule has 0 saturated carbocycles. The Hall–Kier alpha value is -3.11. The summed E-state index contributed by atoms with van der Waals surface area (Å²) in [5.74, 6) is 0. The first-order valence-corrected chi connectivity index (χ1v) is 7.64. The summed E-state index contributed by atoms with van der Waals surface area (Å²) in [6.07, 6.45) is 1.86. The summed E-state index contributed by atoms with van der Waals surface area (Å²) >= 11 is 0. The van der Waals surface area contributed by atoms with Crippen LogP contribution < -0.4 is 4.90 Å². The molecule has 23 heavy (non-hydrogen) atoms. The second kappa shape index (κ2) is 7.77. The minimum absolute atomic E-state index is 0.467. The second-order valence-electron chi connectivity index (χ2n) is 5.08. The fourth-order valence-corrected chi connectivity index (χ4v) is 2.42. The molecule has 0 radical (unpaired) electrons. The van der Waals surface area contributed by atoms with Crippen LogP contribution in [0.2, 0.25) is 0 Å². The summed E-state index contributed by atoms with van der Waals surface area (Å²) in [5.41, 5.74) is 4.00. The van der Waals surface area contributed by atoms with Crippen LogP contribution in [-0.4, -0.2) is 13.1 Å². The fourth-order valence-electron chi connectivity index (χ4n) is 2.42. The molecular weight excluding hydrogens is 284 g/mol. The van der Waals surface area contributed by atoms with Crippen LogP contribution in [0, 0.1) is 16.7 Å². The number of nitriles is 1. The largest absolute Gasteiger partial charge is 0.385 e. The molecule has 0 amide bonds. The zero-order valence-corrected chi connectivity index (χ0v) is 13.4. The van der Waals surface area contributed by atoms with Gasteiger partial charge in [0, 0.05) is 30.9 Å². The number of allylic oxidation sites excluding steroid dienone is 1. The van der Waals surface area contributed by atoms with Gasteiger partial charge in [0.05, 0.1) is 11.6 Å². The van der Waals surface area contributed by atoms with Crippen molar-refractivity contribution in [3.05, 3.63) is 64.6 Å². The van der Waals surface area contributed by atoms with Gasteiger partial charge in [-0.3, -0.25) is 0 Å². The predicted molar refractivity (Wildman–Crippen MR) is 94.7 cm³/mol. The van der Waals surface area contributed by atoms with Gasteiger partial charge in [0.2, 0.25) is 5.39 Å². The number of hydrogen-bond donors (Lipinski definition) is 0. The first kappa shape index (κ1) is 16.3. The van der Waals surface area contributed by atoms with Crippen LogP contribution in [-0.2, 0) is 0 Å². The van der Waals surface area contributed by atoms with Crippen LogP contribution >= 0.6 is 0 Å². The topological polar surface area (TPSA) is 55.2 Å². The number of rotatable bonds is 5. The lowest BCUT2D eigenvalue weighted by Gasteiger charge is -2.20. The van der Waals surface area contributed by atoms with Gasteiger partial charge >= 0.3 is 5.69 Å². The summed E-state index contributed by atoms with van der Waals surface area (Å²) in [5, 5.41) is 18.1. The van der Waals surface area contributed by atoms with Gasteiger partial charge in [0.1, 0.15) is 0 Å². The minimum Gasteiger partial charge on any atom is -0.372 e. The van der Waals surface area contributed by atoms with Crippen molar-refractivity contribution in [3.8, 4) is 6.07 Å². The molecule has 0 aromatic heterocycles. The van der Waals surface area contributed by atoms with Crippen LogP contribution in [0.4, 0.5) is 11.4 Å². The number of nitrogens with zero attached hydrogens (tertiary/aromatic N) is 4. The molecule has 2 aromatic carbocycles. The zero-order valence-electron chi connectivity index (χ0n) is 13.4. The van der Waals surface area contributed by atoms with E-state index in [2.05, 4.69) is 41.9 Å². The van der Waals surface area contributed by atoms with Gasteiger partial charge < -0.3 is 4.90 Å². The molecule has 0 aliphatic carbocycles. The van der Waals surface area contributed by atoms with Crippen molar-refractivity contribution in [2.45, 2.75) is 13.8 Å². The lowest BCUT2D eigenvalue weighted by Crippen LogP contribution is -2.21. The van der Waals surface area contributed by atoms with E-state index in [4.69, 9.17) is 5.39 Å². The highest BCUT2D eigenvalue weighted by Gasteiger charge is 2.07. The average Bonchev–Trinajstić information content (AvgIpc) is 2.62. The summed E-state index contributed by atoms with van der Waals surface area (Å²) in [7, 11) is 0. The Bertz CT molecular complexity index is 755. The van der Waals surface area contributed by atoms with Crippen molar-refractivity contribution in [2.24, 2.45) is 0 Å². The Morgan fingerprint density at radius 2 is 1.65 bits per heavy atom. The van der Waals surface area contributed by atoms with Crippen LogP contribution in [0.3, 0.4) is 0 Å². The Morgan fingerprint density at radius 3 is 2.13 bits per heavy atom. The maximum atomic E-state index is 9.39. The van der Waals surface area contributed by atoms with Gasteiger partial charge in [-0.15, -0.1) is 0 Å². The molecule has 0 heterocycles. The van der Waals surface area contributed by atoms with Gasteiger partial charge in [-0.1, -0.05) is 12.1 Å². The third-order valence-corrected chi connectivity index (χ3v) is 3.75. The molecule has 114 valence electrons. The molecule has 0 saturated heterocycles. The Labute approximate surface area is 136 Å². The SMILES string of the molecule is CCN(CC)c1ccc(/C=C(/C#N)c2ccc([N+]#N)cc2)cc1. The van der Waals surface area contributed by atoms with Crippen molar-refractivity contribution >= 4 is 23.0 Å². The number of hydrogen-bond acceptors (Lipinski definition) is 3. The van der Waals surface area contributed by atoms with Crippen molar-refractivity contribution < 1.29 is 0 Å². The lowest BCUT2D eigenvalue weighted by atomic mass is 10.0. The molecule has 0 fully saturated rings. The number of anilines is 1. The molecule has 0 bridgehead atoms. The summed E-state index contributed by atoms with van der Waals surface area (Å²) in [6, 6.07) is 17.3. The Kier molecular flexibility index (Phi) is 5.50. The smallest absolute Gasteiger partial charge is 0.372 e. The first-order chi connectivity index (χ1) is 11.2. The van der Waals surface area contributed by atoms with Gasteiger partial charge in [0.25, 0.3) is 0 Å². The molecule has 0 aliphatic heterocycles. The highest BCUT2D eigenvalue weighted by Crippen LogP contribution is 2.22. The van der Waals surface area contributed by atoms with Crippen LogP contribution in [0.5, 0.6) is 0 Å². The summed E-state index contributed by atoms with van der Waals surface area (Å²) in [6.45, 7) is 6.20. The third kappa shape index (κ3) is 3.96. The molecule has 2 aromatic rings. The number of benzene rings is 2. The average molecular weight is 303 g/mol. The van der Waals surface area contributed by atoms with E-state index in [9.17, 15) is 5.26 Å². The van der Waals surface area contributed by atoms with E-state index in [1.807, 2.05) is 18.2 Å². The molecule has 0 unspecified atom stereocenters. The van der Waals surface area contributed by atoms with Crippen molar-refractivity contribution in [1.29, 1.82) is 10.7 Å². The summed E-state index contributed by atoms with van der Waals surface area (Å²) in [4.78, 5) is 5.39.